The van der Waals surface area contributed by atoms with Crippen LogP contribution in [0, 0.1) is 0 Å². The van der Waals surface area contributed by atoms with Crippen molar-refractivity contribution in [2.75, 3.05) is 9.80 Å². The van der Waals surface area contributed by atoms with E-state index in [4.69, 9.17) is 0 Å². The Bertz CT molecular complexity index is 3010. The summed E-state index contributed by atoms with van der Waals surface area (Å²) >= 11 is 7.17. The fourth-order valence-electron chi connectivity index (χ4n) is 8.39. The van der Waals surface area contributed by atoms with Crippen molar-refractivity contribution in [3.05, 3.63) is 167 Å². The molecule has 0 radical (unpaired) electrons. The lowest BCUT2D eigenvalue weighted by Crippen LogP contribution is -2.11. The van der Waals surface area contributed by atoms with Gasteiger partial charge in [-0.2, -0.15) is 0 Å². The molecule has 254 valence electrons. The molecule has 0 saturated heterocycles. The molecule has 4 heterocycles. The monoisotopic (exact) mass is 760 g/mol. The van der Waals surface area contributed by atoms with Gasteiger partial charge in [-0.25, -0.2) is 0 Å². The van der Waals surface area contributed by atoms with E-state index in [1.807, 2.05) is 0 Å². The fourth-order valence-corrected chi connectivity index (χ4v) is 11.5. The third kappa shape index (κ3) is 4.68. The van der Waals surface area contributed by atoms with Crippen molar-refractivity contribution in [2.24, 2.45) is 0 Å². The molecule has 0 spiro atoms. The minimum atomic E-state index is 1.16. The number of hydrogen-bond acceptors (Lipinski definition) is 6. The maximum absolute atomic E-state index is 2.46. The molecule has 0 aliphatic heterocycles. The average Bonchev–Trinajstić information content (AvgIpc) is 4.05. The van der Waals surface area contributed by atoms with Crippen LogP contribution in [0.15, 0.2) is 167 Å². The van der Waals surface area contributed by atoms with Crippen LogP contribution in [-0.2, 0) is 0 Å². The third-order valence-corrected chi connectivity index (χ3v) is 14.5. The smallest absolute Gasteiger partial charge is 0.0540 e. The highest BCUT2D eigenvalue weighted by Gasteiger charge is 2.22. The van der Waals surface area contributed by atoms with Gasteiger partial charge in [0.2, 0.25) is 0 Å². The van der Waals surface area contributed by atoms with Crippen LogP contribution in [0.25, 0.3) is 72.7 Å². The summed E-state index contributed by atoms with van der Waals surface area (Å²) in [5, 5.41) is 21.4. The molecule has 0 aliphatic carbocycles. The zero-order valence-electron chi connectivity index (χ0n) is 28.7. The van der Waals surface area contributed by atoms with E-state index in [0.29, 0.717) is 0 Å². The summed E-state index contributed by atoms with van der Waals surface area (Å²) in [6, 6.07) is 55.0. The number of thiophene rings is 4. The minimum absolute atomic E-state index is 1.16. The Morgan fingerprint density at radius 3 is 0.926 bits per heavy atom. The highest BCUT2D eigenvalue weighted by Crippen LogP contribution is 2.49. The number of rotatable bonds is 6. The van der Waals surface area contributed by atoms with E-state index in [1.165, 1.54) is 84.0 Å². The average molecular weight is 761 g/mol. The normalized spacial score (nSPS) is 12.1. The molecule has 4 aromatic heterocycles. The summed E-state index contributed by atoms with van der Waals surface area (Å²) in [5.74, 6) is 0. The molecular formula is C48H28N2S4. The van der Waals surface area contributed by atoms with Crippen LogP contribution < -0.4 is 9.80 Å². The second-order valence-corrected chi connectivity index (χ2v) is 17.6. The van der Waals surface area contributed by atoms with Crippen molar-refractivity contribution < 1.29 is 0 Å². The van der Waals surface area contributed by atoms with E-state index in [2.05, 4.69) is 177 Å². The SMILES string of the molecule is c1cc2cc(N(c3ccc4sccc4c3)c3ccc4ccc5c(N(c6ccc7sccc7c6)c6ccc7sccc7c6)ccc6ccc3c4c65)ccc2s1. The van der Waals surface area contributed by atoms with Gasteiger partial charge < -0.3 is 9.80 Å². The quantitative estimate of drug-likeness (QED) is 0.156. The number of fused-ring (bicyclic) bond motifs is 4. The molecule has 8 aromatic carbocycles. The van der Waals surface area contributed by atoms with Crippen LogP contribution >= 0.6 is 45.3 Å². The predicted octanol–water partition coefficient (Wildman–Crippen LogP) is 16.4. The van der Waals surface area contributed by atoms with Crippen molar-refractivity contribution in [3.8, 4) is 0 Å². The Labute approximate surface area is 326 Å². The third-order valence-electron chi connectivity index (χ3n) is 10.9. The van der Waals surface area contributed by atoms with Crippen LogP contribution in [0.5, 0.6) is 0 Å². The van der Waals surface area contributed by atoms with Gasteiger partial charge in [-0.3, -0.25) is 0 Å². The van der Waals surface area contributed by atoms with E-state index in [0.717, 1.165) is 22.7 Å². The van der Waals surface area contributed by atoms with E-state index in [1.54, 1.807) is 45.3 Å². The molecule has 54 heavy (non-hydrogen) atoms. The van der Waals surface area contributed by atoms with Crippen LogP contribution in [0.2, 0.25) is 0 Å². The molecule has 0 fully saturated rings. The summed E-state index contributed by atoms with van der Waals surface area (Å²) in [6.07, 6.45) is 0. The Balaban J connectivity index is 1.12. The van der Waals surface area contributed by atoms with Crippen molar-refractivity contribution >= 4 is 152 Å². The number of hydrogen-bond donors (Lipinski definition) is 0. The van der Waals surface area contributed by atoms with Crippen LogP contribution in [0.4, 0.5) is 34.1 Å². The van der Waals surface area contributed by atoms with Gasteiger partial charge in [0.05, 0.1) is 11.4 Å². The second kappa shape index (κ2) is 11.9. The molecule has 0 saturated carbocycles. The lowest BCUT2D eigenvalue weighted by Gasteiger charge is -2.29. The van der Waals surface area contributed by atoms with Crippen LogP contribution in [0.3, 0.4) is 0 Å². The first-order chi connectivity index (χ1) is 26.7. The Kier molecular flexibility index (Phi) is 6.74. The minimum Gasteiger partial charge on any atom is -0.310 e. The van der Waals surface area contributed by atoms with Gasteiger partial charge in [0, 0.05) is 52.3 Å². The van der Waals surface area contributed by atoms with E-state index >= 15 is 0 Å². The largest absolute Gasteiger partial charge is 0.310 e. The molecular weight excluding hydrogens is 733 g/mol. The first kappa shape index (κ1) is 30.7. The lowest BCUT2D eigenvalue weighted by atomic mass is 9.91. The zero-order valence-corrected chi connectivity index (χ0v) is 32.0. The number of nitrogens with zero attached hydrogens (tertiary/aromatic N) is 2. The summed E-state index contributed by atoms with van der Waals surface area (Å²) < 4.78 is 5.21. The van der Waals surface area contributed by atoms with E-state index in [-0.39, 0.29) is 0 Å². The topological polar surface area (TPSA) is 6.48 Å². The van der Waals surface area contributed by atoms with Gasteiger partial charge in [0.15, 0.2) is 0 Å². The van der Waals surface area contributed by atoms with Crippen molar-refractivity contribution in [1.29, 1.82) is 0 Å². The molecule has 6 heteroatoms. The van der Waals surface area contributed by atoms with Crippen LogP contribution in [-0.4, -0.2) is 0 Å². The molecule has 0 atom stereocenters. The Hall–Kier alpha value is -5.76. The number of anilines is 6. The first-order valence-electron chi connectivity index (χ1n) is 17.9. The fraction of sp³-hybridized carbons (Fsp3) is 0. The lowest BCUT2D eigenvalue weighted by molar-refractivity contribution is 1.31. The second-order valence-electron chi connectivity index (χ2n) is 13.8. The highest BCUT2D eigenvalue weighted by atomic mass is 32.1. The van der Waals surface area contributed by atoms with Crippen LogP contribution in [0.1, 0.15) is 0 Å². The summed E-state index contributed by atoms with van der Waals surface area (Å²) in [5.41, 5.74) is 6.98. The van der Waals surface area contributed by atoms with Gasteiger partial charge in [-0.05, 0) is 174 Å². The molecule has 0 amide bonds. The standard InChI is InChI=1S/C48H28N2S4/c1-9-39-41(49(35-5-13-43-31(25-35)17-21-51-43)36-6-14-44-32(26-36)18-22-52-44)12-4-30-2-10-40-42(11-3-29(1)47(40)48(30)39)50(37-7-15-45-33(27-37)19-23-53-45)38-8-16-46-34(28-38)20-24-54-46/h1-28H. The van der Waals surface area contributed by atoms with Gasteiger partial charge in [-0.15, -0.1) is 45.3 Å². The molecule has 0 N–H and O–H groups in total. The molecule has 0 bridgehead atoms. The van der Waals surface area contributed by atoms with Gasteiger partial charge in [-0.1, -0.05) is 36.4 Å². The number of benzene rings is 8. The van der Waals surface area contributed by atoms with Crippen molar-refractivity contribution in [2.45, 2.75) is 0 Å². The van der Waals surface area contributed by atoms with Gasteiger partial charge in [0.25, 0.3) is 0 Å². The highest BCUT2D eigenvalue weighted by molar-refractivity contribution is 7.18. The van der Waals surface area contributed by atoms with E-state index < -0.39 is 0 Å². The summed E-state index contributed by atoms with van der Waals surface area (Å²) in [6.45, 7) is 0. The van der Waals surface area contributed by atoms with E-state index in [9.17, 15) is 0 Å². The van der Waals surface area contributed by atoms with Gasteiger partial charge >= 0.3 is 0 Å². The molecule has 2 nitrogen and oxygen atoms in total. The predicted molar refractivity (Wildman–Crippen MR) is 241 cm³/mol. The first-order valence-corrected chi connectivity index (χ1v) is 21.5. The Morgan fingerprint density at radius 1 is 0.278 bits per heavy atom. The maximum atomic E-state index is 2.46. The zero-order chi connectivity index (χ0) is 35.3. The van der Waals surface area contributed by atoms with Crippen molar-refractivity contribution in [3.63, 3.8) is 0 Å². The maximum Gasteiger partial charge on any atom is 0.0540 e. The molecule has 12 aromatic rings. The molecule has 12 rings (SSSR count). The summed E-state index contributed by atoms with van der Waals surface area (Å²) in [7, 11) is 0. The Morgan fingerprint density at radius 2 is 0.593 bits per heavy atom. The summed E-state index contributed by atoms with van der Waals surface area (Å²) in [4.78, 5) is 4.92. The van der Waals surface area contributed by atoms with Crippen molar-refractivity contribution in [1.82, 2.24) is 0 Å². The van der Waals surface area contributed by atoms with Gasteiger partial charge in [0.1, 0.15) is 0 Å². The molecule has 0 aliphatic rings. The molecule has 0 unspecified atom stereocenters.